The summed E-state index contributed by atoms with van der Waals surface area (Å²) in [5, 5.41) is 14.7. The highest BCUT2D eigenvalue weighted by molar-refractivity contribution is 5.97. The maximum absolute atomic E-state index is 11.9. The maximum Gasteiger partial charge on any atom is 0.263 e. The molecule has 2 aliphatic heterocycles. The predicted octanol–water partition coefficient (Wildman–Crippen LogP) is 0.291. The minimum Gasteiger partial charge on any atom is -0.387 e. The average Bonchev–Trinajstić information content (AvgIpc) is 3.20. The fourth-order valence-electron chi connectivity index (χ4n) is 2.75. The monoisotopic (exact) mass is 320 g/mol. The Kier molecular flexibility index (Phi) is 6.88. The molecule has 0 spiro atoms. The van der Waals surface area contributed by atoms with Crippen LogP contribution >= 0.6 is 0 Å². The van der Waals surface area contributed by atoms with Crippen LogP contribution in [0.3, 0.4) is 0 Å². The number of hydrogen-bond acceptors (Lipinski definition) is 5. The Bertz CT molecular complexity index is 492. The summed E-state index contributed by atoms with van der Waals surface area (Å²) in [5.41, 5.74) is 0.0558. The highest BCUT2D eigenvalue weighted by Gasteiger charge is 2.19. The van der Waals surface area contributed by atoms with Gasteiger partial charge in [-0.1, -0.05) is 0 Å². The molecule has 7 nitrogen and oxygen atoms in total. The lowest BCUT2D eigenvalue weighted by molar-refractivity contribution is -0.127. The highest BCUT2D eigenvalue weighted by atomic mass is 16.5. The molecule has 2 rings (SSSR count). The molecule has 126 valence electrons. The van der Waals surface area contributed by atoms with Crippen molar-refractivity contribution < 1.29 is 14.3 Å². The van der Waals surface area contributed by atoms with Crippen LogP contribution in [0.5, 0.6) is 0 Å². The Balaban J connectivity index is 1.63. The Hall–Kier alpha value is -2.07. The van der Waals surface area contributed by atoms with E-state index in [1.54, 1.807) is 0 Å². The van der Waals surface area contributed by atoms with E-state index in [0.29, 0.717) is 32.5 Å². The topological polar surface area (TPSA) is 94.5 Å². The number of amides is 2. The van der Waals surface area contributed by atoms with Gasteiger partial charge in [-0.3, -0.25) is 9.59 Å². The molecule has 23 heavy (non-hydrogen) atoms. The summed E-state index contributed by atoms with van der Waals surface area (Å²) in [7, 11) is 0. The summed E-state index contributed by atoms with van der Waals surface area (Å²) in [6, 6.07) is 1.90. The largest absolute Gasteiger partial charge is 0.387 e. The first-order valence-corrected chi connectivity index (χ1v) is 8.22. The second-order valence-electron chi connectivity index (χ2n) is 5.81. The summed E-state index contributed by atoms with van der Waals surface area (Å²) >= 11 is 0. The normalized spacial score (nSPS) is 21.3. The van der Waals surface area contributed by atoms with Crippen LogP contribution < -0.4 is 10.6 Å². The van der Waals surface area contributed by atoms with Gasteiger partial charge in [-0.05, 0) is 25.7 Å². The summed E-state index contributed by atoms with van der Waals surface area (Å²) in [5.74, 6) is -0.202. The molecule has 0 aromatic carbocycles. The van der Waals surface area contributed by atoms with Gasteiger partial charge in [0.1, 0.15) is 11.6 Å². The lowest BCUT2D eigenvalue weighted by Crippen LogP contribution is -2.31. The highest BCUT2D eigenvalue weighted by Crippen LogP contribution is 2.10. The van der Waals surface area contributed by atoms with Gasteiger partial charge in [-0.2, -0.15) is 5.26 Å². The molecule has 0 aliphatic carbocycles. The van der Waals surface area contributed by atoms with Gasteiger partial charge in [0.15, 0.2) is 0 Å². The first kappa shape index (κ1) is 17.3. The third-order valence-electron chi connectivity index (χ3n) is 4.04. The molecular formula is C16H24N4O3. The number of nitrogens with zero attached hydrogens (tertiary/aromatic N) is 2. The van der Waals surface area contributed by atoms with E-state index in [1.807, 2.05) is 11.0 Å². The molecule has 0 aromatic heterocycles. The van der Waals surface area contributed by atoms with E-state index >= 15 is 0 Å². The molecule has 7 heteroatoms. The molecule has 0 radical (unpaired) electrons. The van der Waals surface area contributed by atoms with Crippen LogP contribution in [0, 0.1) is 11.3 Å². The van der Waals surface area contributed by atoms with Gasteiger partial charge in [-0.15, -0.1) is 0 Å². The van der Waals surface area contributed by atoms with E-state index in [0.717, 1.165) is 32.4 Å². The average molecular weight is 320 g/mol. The molecule has 2 N–H and O–H groups in total. The number of likely N-dealkylation sites (tertiary alicyclic amines) is 1. The van der Waals surface area contributed by atoms with Gasteiger partial charge in [-0.25, -0.2) is 0 Å². The quantitative estimate of drug-likeness (QED) is 0.381. The number of ether oxygens (including phenoxy) is 1. The number of hydrogen-bond donors (Lipinski definition) is 2. The number of carbonyl (C=O) groups excluding carboxylic acids is 2. The number of carbonyl (C=O) groups is 2. The molecule has 2 amide bonds. The standard InChI is InChI=1S/C16H24N4O3/c17-10-13(11-18-12-14-4-2-9-23-14)16(22)19-6-3-8-20-7-1-5-15(20)21/h11,14,18H,1-9,12H2,(H,19,22)/b13-11-. The molecule has 2 aliphatic rings. The summed E-state index contributed by atoms with van der Waals surface area (Å²) < 4.78 is 5.46. The van der Waals surface area contributed by atoms with Crippen LogP contribution in [0.15, 0.2) is 11.8 Å². The Morgan fingerprint density at radius 2 is 2.35 bits per heavy atom. The second kappa shape index (κ2) is 9.16. The smallest absolute Gasteiger partial charge is 0.263 e. The van der Waals surface area contributed by atoms with E-state index in [4.69, 9.17) is 10.00 Å². The molecule has 0 aromatic rings. The van der Waals surface area contributed by atoms with E-state index in [9.17, 15) is 9.59 Å². The van der Waals surface area contributed by atoms with Gasteiger partial charge < -0.3 is 20.3 Å². The van der Waals surface area contributed by atoms with E-state index < -0.39 is 0 Å². The second-order valence-corrected chi connectivity index (χ2v) is 5.81. The van der Waals surface area contributed by atoms with Gasteiger partial charge in [0, 0.05) is 45.4 Å². The first-order valence-electron chi connectivity index (χ1n) is 8.22. The van der Waals surface area contributed by atoms with Crippen LogP contribution in [0.1, 0.15) is 32.1 Å². The third-order valence-corrected chi connectivity index (χ3v) is 4.04. The zero-order valence-electron chi connectivity index (χ0n) is 13.3. The lowest BCUT2D eigenvalue weighted by atomic mass is 10.2. The molecular weight excluding hydrogens is 296 g/mol. The summed E-state index contributed by atoms with van der Waals surface area (Å²) in [4.78, 5) is 25.2. The zero-order chi connectivity index (χ0) is 16.5. The van der Waals surface area contributed by atoms with Crippen molar-refractivity contribution in [3.8, 4) is 6.07 Å². The van der Waals surface area contributed by atoms with E-state index in [-0.39, 0.29) is 23.5 Å². The van der Waals surface area contributed by atoms with Gasteiger partial charge >= 0.3 is 0 Å². The van der Waals surface area contributed by atoms with Crippen molar-refractivity contribution in [2.75, 3.05) is 32.8 Å². The molecule has 2 heterocycles. The van der Waals surface area contributed by atoms with Gasteiger partial charge in [0.05, 0.1) is 6.10 Å². The van der Waals surface area contributed by atoms with Crippen LogP contribution in [-0.2, 0) is 14.3 Å². The SMILES string of the molecule is N#C/C(=C/NCC1CCCO1)C(=O)NCCCN1CCCC1=O. The molecule has 2 fully saturated rings. The van der Waals surface area contributed by atoms with Crippen molar-refractivity contribution in [1.82, 2.24) is 15.5 Å². The van der Waals surface area contributed by atoms with Crippen LogP contribution in [0.2, 0.25) is 0 Å². The van der Waals surface area contributed by atoms with Crippen LogP contribution in [0.4, 0.5) is 0 Å². The minimum absolute atomic E-state index is 0.0558. The third kappa shape index (κ3) is 5.57. The van der Waals surface area contributed by atoms with Crippen molar-refractivity contribution in [3.05, 3.63) is 11.8 Å². The first-order chi connectivity index (χ1) is 11.2. The summed E-state index contributed by atoms with van der Waals surface area (Å²) in [6.45, 7) is 3.30. The Labute approximate surface area is 136 Å². The van der Waals surface area contributed by atoms with Gasteiger partial charge in [0.25, 0.3) is 5.91 Å². The summed E-state index contributed by atoms with van der Waals surface area (Å²) in [6.07, 6.45) is 5.91. The van der Waals surface area contributed by atoms with Crippen molar-refractivity contribution in [3.63, 3.8) is 0 Å². The molecule has 1 unspecified atom stereocenters. The van der Waals surface area contributed by atoms with Crippen molar-refractivity contribution in [1.29, 1.82) is 5.26 Å². The molecule has 0 saturated carbocycles. The predicted molar refractivity (Wildman–Crippen MR) is 84.1 cm³/mol. The van der Waals surface area contributed by atoms with Crippen LogP contribution in [0.25, 0.3) is 0 Å². The van der Waals surface area contributed by atoms with Crippen molar-refractivity contribution in [2.45, 2.75) is 38.2 Å². The van der Waals surface area contributed by atoms with E-state index in [1.165, 1.54) is 6.20 Å². The Morgan fingerprint density at radius 3 is 3.00 bits per heavy atom. The maximum atomic E-state index is 11.9. The minimum atomic E-state index is -0.389. The molecule has 1 atom stereocenters. The zero-order valence-corrected chi connectivity index (χ0v) is 13.3. The fraction of sp³-hybridized carbons (Fsp3) is 0.688. The molecule has 2 saturated heterocycles. The van der Waals surface area contributed by atoms with Crippen molar-refractivity contribution in [2.24, 2.45) is 0 Å². The van der Waals surface area contributed by atoms with Crippen molar-refractivity contribution >= 4 is 11.8 Å². The van der Waals surface area contributed by atoms with E-state index in [2.05, 4.69) is 10.6 Å². The Morgan fingerprint density at radius 1 is 1.48 bits per heavy atom. The van der Waals surface area contributed by atoms with Crippen LogP contribution in [-0.4, -0.2) is 55.6 Å². The number of nitrogens with one attached hydrogen (secondary N) is 2. The number of nitriles is 1. The number of rotatable bonds is 8. The molecule has 0 bridgehead atoms. The van der Waals surface area contributed by atoms with Gasteiger partial charge in [0.2, 0.25) is 5.91 Å². The lowest BCUT2D eigenvalue weighted by Gasteiger charge is -2.15. The fourth-order valence-corrected chi connectivity index (χ4v) is 2.75.